The number of benzene rings is 1. The van der Waals surface area contributed by atoms with Crippen LogP contribution in [-0.4, -0.2) is 48.9 Å². The summed E-state index contributed by atoms with van der Waals surface area (Å²) in [6.07, 6.45) is 0.468. The normalized spacial score (nSPS) is 20.4. The number of aliphatic hydroxyl groups excluding tert-OH is 1. The highest BCUT2D eigenvalue weighted by Gasteiger charge is 2.26. The second-order valence-electron chi connectivity index (χ2n) is 5.75. The third-order valence-electron chi connectivity index (χ3n) is 3.93. The minimum absolute atomic E-state index is 0.288. The molecule has 0 saturated heterocycles. The molecular formula is C19H30N2O5. The van der Waals surface area contributed by atoms with Gasteiger partial charge in [-0.15, -0.1) is 0 Å². The Morgan fingerprint density at radius 1 is 1.19 bits per heavy atom. The van der Waals surface area contributed by atoms with E-state index in [1.807, 2.05) is 19.9 Å². The molecule has 1 aliphatic rings. The third kappa shape index (κ3) is 7.11. The van der Waals surface area contributed by atoms with E-state index in [-0.39, 0.29) is 12.5 Å². The predicted molar refractivity (Wildman–Crippen MR) is 98.6 cm³/mol. The molecular weight excluding hydrogens is 336 g/mol. The number of aliphatic hydroxyl groups is 1. The third-order valence-corrected chi connectivity index (χ3v) is 3.93. The molecule has 1 heterocycles. The van der Waals surface area contributed by atoms with Crippen LogP contribution in [0.3, 0.4) is 0 Å². The van der Waals surface area contributed by atoms with Crippen molar-refractivity contribution in [3.63, 3.8) is 0 Å². The summed E-state index contributed by atoms with van der Waals surface area (Å²) < 4.78 is 11.0. The van der Waals surface area contributed by atoms with Crippen LogP contribution in [0.1, 0.15) is 49.0 Å². The van der Waals surface area contributed by atoms with Crippen LogP contribution in [0.25, 0.3) is 0 Å². The van der Waals surface area contributed by atoms with Crippen LogP contribution in [0.2, 0.25) is 0 Å². The van der Waals surface area contributed by atoms with Crippen molar-refractivity contribution in [1.29, 1.82) is 0 Å². The number of hydrogen-bond acceptors (Lipinski definition) is 5. The molecule has 0 spiro atoms. The minimum atomic E-state index is -1.42. The Labute approximate surface area is 154 Å². The zero-order chi connectivity index (χ0) is 19.4. The van der Waals surface area contributed by atoms with Gasteiger partial charge in [0.1, 0.15) is 0 Å². The van der Waals surface area contributed by atoms with E-state index in [1.165, 1.54) is 0 Å². The van der Waals surface area contributed by atoms with Crippen LogP contribution in [0.5, 0.6) is 0 Å². The molecule has 1 aromatic carbocycles. The highest BCUT2D eigenvalue weighted by molar-refractivity contribution is 5.96. The SMILES string of the molecule is CC.NC(=O)C(O)[C@@H]1CCCCOCCOCc2ccccc2C(=O)N1. The minimum Gasteiger partial charge on any atom is -0.381 e. The maximum atomic E-state index is 12.6. The van der Waals surface area contributed by atoms with Crippen molar-refractivity contribution in [3.8, 4) is 0 Å². The van der Waals surface area contributed by atoms with Gasteiger partial charge in [0.25, 0.3) is 5.91 Å². The summed E-state index contributed by atoms with van der Waals surface area (Å²) in [4.78, 5) is 23.9. The fourth-order valence-electron chi connectivity index (χ4n) is 2.59. The number of rotatable bonds is 2. The summed E-state index contributed by atoms with van der Waals surface area (Å²) >= 11 is 0. The van der Waals surface area contributed by atoms with Crippen molar-refractivity contribution in [1.82, 2.24) is 5.32 Å². The number of nitrogens with one attached hydrogen (secondary N) is 1. The van der Waals surface area contributed by atoms with E-state index in [9.17, 15) is 14.7 Å². The molecule has 1 unspecified atom stereocenters. The highest BCUT2D eigenvalue weighted by atomic mass is 16.5. The fourth-order valence-corrected chi connectivity index (χ4v) is 2.59. The average molecular weight is 366 g/mol. The first-order valence-electron chi connectivity index (χ1n) is 9.11. The van der Waals surface area contributed by atoms with Gasteiger partial charge in [0, 0.05) is 12.2 Å². The summed E-state index contributed by atoms with van der Waals surface area (Å²) in [5, 5.41) is 12.7. The summed E-state index contributed by atoms with van der Waals surface area (Å²) in [5.41, 5.74) is 6.37. The van der Waals surface area contributed by atoms with E-state index in [1.54, 1.807) is 18.2 Å². The summed E-state index contributed by atoms with van der Waals surface area (Å²) in [7, 11) is 0. The molecule has 4 N–H and O–H groups in total. The van der Waals surface area contributed by atoms with Crippen molar-refractivity contribution >= 4 is 11.8 Å². The molecule has 0 fully saturated rings. The Morgan fingerprint density at radius 2 is 1.88 bits per heavy atom. The molecule has 2 rings (SSSR count). The first kappa shape index (κ1) is 22.1. The largest absolute Gasteiger partial charge is 0.381 e. The summed E-state index contributed by atoms with van der Waals surface area (Å²) in [6, 6.07) is 6.34. The second-order valence-corrected chi connectivity index (χ2v) is 5.75. The van der Waals surface area contributed by atoms with Gasteiger partial charge in [0.05, 0.1) is 25.9 Å². The molecule has 2 atom stereocenters. The van der Waals surface area contributed by atoms with E-state index in [0.29, 0.717) is 38.2 Å². The van der Waals surface area contributed by atoms with E-state index < -0.39 is 18.1 Å². The number of carbonyl (C=O) groups excluding carboxylic acids is 2. The average Bonchev–Trinajstić information content (AvgIpc) is 2.66. The van der Waals surface area contributed by atoms with Crippen LogP contribution in [0.15, 0.2) is 24.3 Å². The van der Waals surface area contributed by atoms with Crippen LogP contribution < -0.4 is 11.1 Å². The Hall–Kier alpha value is -1.96. The second kappa shape index (κ2) is 12.4. The molecule has 1 aliphatic heterocycles. The van der Waals surface area contributed by atoms with Crippen molar-refractivity contribution in [2.24, 2.45) is 5.73 Å². The number of ether oxygens (including phenoxy) is 2. The van der Waals surface area contributed by atoms with E-state index in [0.717, 1.165) is 12.0 Å². The van der Waals surface area contributed by atoms with Crippen molar-refractivity contribution in [2.45, 2.75) is 51.9 Å². The fraction of sp³-hybridized carbons (Fsp3) is 0.579. The van der Waals surface area contributed by atoms with Crippen molar-refractivity contribution in [2.75, 3.05) is 19.8 Å². The Morgan fingerprint density at radius 3 is 2.62 bits per heavy atom. The summed E-state index contributed by atoms with van der Waals surface area (Å²) in [5.74, 6) is -1.21. The zero-order valence-electron chi connectivity index (χ0n) is 15.6. The predicted octanol–water partition coefficient (Wildman–Crippen LogP) is 1.37. The van der Waals surface area contributed by atoms with E-state index in [2.05, 4.69) is 5.32 Å². The Bertz CT molecular complexity index is 565. The van der Waals surface area contributed by atoms with Gasteiger partial charge in [-0.3, -0.25) is 9.59 Å². The number of primary amides is 1. The zero-order valence-corrected chi connectivity index (χ0v) is 15.6. The quantitative estimate of drug-likeness (QED) is 0.732. The first-order valence-corrected chi connectivity index (χ1v) is 9.11. The Kier molecular flexibility index (Phi) is 10.5. The van der Waals surface area contributed by atoms with E-state index >= 15 is 0 Å². The number of nitrogens with two attached hydrogens (primary N) is 1. The van der Waals surface area contributed by atoms with Crippen LogP contribution in [0.4, 0.5) is 0 Å². The molecule has 0 saturated carbocycles. The lowest BCUT2D eigenvalue weighted by molar-refractivity contribution is -0.127. The van der Waals surface area contributed by atoms with Gasteiger partial charge in [0.2, 0.25) is 5.91 Å². The van der Waals surface area contributed by atoms with Gasteiger partial charge < -0.3 is 25.6 Å². The molecule has 26 heavy (non-hydrogen) atoms. The monoisotopic (exact) mass is 366 g/mol. The molecule has 0 aliphatic carbocycles. The molecule has 7 nitrogen and oxygen atoms in total. The number of fused-ring (bicyclic) bond motifs is 1. The maximum Gasteiger partial charge on any atom is 0.251 e. The van der Waals surface area contributed by atoms with Crippen molar-refractivity contribution < 1.29 is 24.2 Å². The van der Waals surface area contributed by atoms with Crippen LogP contribution >= 0.6 is 0 Å². The lowest BCUT2D eigenvalue weighted by Gasteiger charge is -2.23. The lowest BCUT2D eigenvalue weighted by Crippen LogP contribution is -2.49. The number of hydrogen-bond donors (Lipinski definition) is 3. The van der Waals surface area contributed by atoms with Gasteiger partial charge in [-0.2, -0.15) is 0 Å². The molecule has 1 aromatic rings. The molecule has 0 bridgehead atoms. The van der Waals surface area contributed by atoms with Gasteiger partial charge in [-0.1, -0.05) is 32.0 Å². The molecule has 0 aromatic heterocycles. The Balaban J connectivity index is 0.00000163. The van der Waals surface area contributed by atoms with Crippen LogP contribution in [0, 0.1) is 0 Å². The molecule has 146 valence electrons. The molecule has 7 heteroatoms. The molecule has 2 amide bonds. The summed E-state index contributed by atoms with van der Waals surface area (Å²) in [6.45, 7) is 5.80. The maximum absolute atomic E-state index is 12.6. The highest BCUT2D eigenvalue weighted by Crippen LogP contribution is 2.13. The van der Waals surface area contributed by atoms with Gasteiger partial charge in [-0.05, 0) is 30.9 Å². The topological polar surface area (TPSA) is 111 Å². The smallest absolute Gasteiger partial charge is 0.251 e. The molecule has 0 radical (unpaired) electrons. The van der Waals surface area contributed by atoms with Gasteiger partial charge in [0.15, 0.2) is 6.10 Å². The number of amides is 2. The standard InChI is InChI=1S/C17H24N2O5.C2H6/c18-16(21)15(20)14-7-3-4-8-23-9-10-24-11-12-5-1-2-6-13(12)17(22)19-14;1-2/h1-2,5-6,14-15,20H,3-4,7-11H2,(H2,18,21)(H,19,22);1-2H3/t14-,15?;/m0./s1. The first-order chi connectivity index (χ1) is 12.6. The number of carbonyl (C=O) groups is 2. The van der Waals surface area contributed by atoms with Crippen LogP contribution in [-0.2, 0) is 20.9 Å². The van der Waals surface area contributed by atoms with E-state index in [4.69, 9.17) is 15.2 Å². The van der Waals surface area contributed by atoms with Crippen molar-refractivity contribution in [3.05, 3.63) is 35.4 Å². The van der Waals surface area contributed by atoms with Gasteiger partial charge >= 0.3 is 0 Å². The lowest BCUT2D eigenvalue weighted by atomic mass is 10.0. The van der Waals surface area contributed by atoms with Gasteiger partial charge in [-0.25, -0.2) is 0 Å².